The molecule has 2 aliphatic rings. The molecule has 2 N–H and O–H groups in total. The lowest BCUT2D eigenvalue weighted by molar-refractivity contribution is -0.124. The van der Waals surface area contributed by atoms with Crippen LogP contribution in [-0.2, 0) is 10.2 Å². The Kier molecular flexibility index (Phi) is 4.24. The van der Waals surface area contributed by atoms with Crippen molar-refractivity contribution >= 4 is 5.91 Å². The molecule has 0 radical (unpaired) electrons. The topological polar surface area (TPSA) is 41.1 Å². The number of carbonyl (C=O) groups excluding carboxylic acids is 1. The summed E-state index contributed by atoms with van der Waals surface area (Å²) in [5.41, 5.74) is 1.15. The lowest BCUT2D eigenvalue weighted by Gasteiger charge is -2.30. The number of carbonyl (C=O) groups is 1. The van der Waals surface area contributed by atoms with Gasteiger partial charge < -0.3 is 10.6 Å². The number of hydrogen-bond acceptors (Lipinski definition) is 2. The average molecular weight is 290 g/mol. The first kappa shape index (κ1) is 14.5. The van der Waals surface area contributed by atoms with Crippen LogP contribution in [0.5, 0.6) is 0 Å². The van der Waals surface area contributed by atoms with Gasteiger partial charge in [0, 0.05) is 18.5 Å². The molecule has 2 fully saturated rings. The second kappa shape index (κ2) is 6.14. The van der Waals surface area contributed by atoms with Gasteiger partial charge >= 0.3 is 0 Å². The van der Waals surface area contributed by atoms with E-state index in [1.54, 1.807) is 0 Å². The van der Waals surface area contributed by atoms with Gasteiger partial charge in [-0.05, 0) is 43.5 Å². The summed E-state index contributed by atoms with van der Waals surface area (Å²) >= 11 is 0. The van der Waals surface area contributed by atoms with E-state index in [0.717, 1.165) is 37.9 Å². The predicted molar refractivity (Wildman–Crippen MR) is 80.5 cm³/mol. The summed E-state index contributed by atoms with van der Waals surface area (Å²) in [6, 6.07) is 6.81. The number of halogens is 1. The van der Waals surface area contributed by atoms with Gasteiger partial charge in [-0.2, -0.15) is 0 Å². The smallest absolute Gasteiger partial charge is 0.224 e. The molecule has 1 aliphatic carbocycles. The van der Waals surface area contributed by atoms with Crippen LogP contribution in [0.1, 0.15) is 37.7 Å². The standard InChI is InChI=1S/C17H23FN2O/c18-15-5-3-14(4-6-15)17(8-1-2-9-17)12-20-16(21)13-7-10-19-11-13/h3-6,13,19H,1-2,7-12H2,(H,20,21). The van der Waals surface area contributed by atoms with Gasteiger partial charge in [-0.1, -0.05) is 25.0 Å². The molecule has 1 aliphatic heterocycles. The van der Waals surface area contributed by atoms with Crippen LogP contribution in [0.25, 0.3) is 0 Å². The van der Waals surface area contributed by atoms with E-state index in [-0.39, 0.29) is 23.1 Å². The number of nitrogens with one attached hydrogen (secondary N) is 2. The van der Waals surface area contributed by atoms with Gasteiger partial charge in [0.2, 0.25) is 5.91 Å². The molecule has 3 nitrogen and oxygen atoms in total. The van der Waals surface area contributed by atoms with Crippen molar-refractivity contribution in [2.45, 2.75) is 37.5 Å². The molecule has 0 bridgehead atoms. The van der Waals surface area contributed by atoms with Crippen LogP contribution in [0.2, 0.25) is 0 Å². The van der Waals surface area contributed by atoms with Crippen molar-refractivity contribution in [1.82, 2.24) is 10.6 Å². The third kappa shape index (κ3) is 3.10. The second-order valence-corrected chi connectivity index (χ2v) is 6.40. The molecule has 1 atom stereocenters. The Labute approximate surface area is 125 Å². The van der Waals surface area contributed by atoms with Crippen molar-refractivity contribution in [1.29, 1.82) is 0 Å². The molecule has 3 rings (SSSR count). The number of amides is 1. The molecule has 114 valence electrons. The van der Waals surface area contributed by atoms with E-state index in [9.17, 15) is 9.18 Å². The third-order valence-corrected chi connectivity index (χ3v) is 5.05. The number of hydrogen-bond donors (Lipinski definition) is 2. The first-order valence-electron chi connectivity index (χ1n) is 7.94. The van der Waals surface area contributed by atoms with Gasteiger partial charge in [-0.25, -0.2) is 4.39 Å². The van der Waals surface area contributed by atoms with E-state index in [0.29, 0.717) is 6.54 Å². The maximum Gasteiger partial charge on any atom is 0.224 e. The predicted octanol–water partition coefficient (Wildman–Crippen LogP) is 2.36. The molecule has 1 saturated carbocycles. The molecule has 0 spiro atoms. The highest BCUT2D eigenvalue weighted by molar-refractivity contribution is 5.79. The molecular formula is C17H23FN2O. The molecule has 1 amide bonds. The first-order chi connectivity index (χ1) is 10.2. The number of benzene rings is 1. The molecule has 4 heteroatoms. The van der Waals surface area contributed by atoms with Crippen LogP contribution in [0.15, 0.2) is 24.3 Å². The monoisotopic (exact) mass is 290 g/mol. The fourth-order valence-corrected chi connectivity index (χ4v) is 3.70. The van der Waals surface area contributed by atoms with Crippen molar-refractivity contribution in [3.05, 3.63) is 35.6 Å². The first-order valence-corrected chi connectivity index (χ1v) is 7.94. The highest BCUT2D eigenvalue weighted by Gasteiger charge is 2.36. The average Bonchev–Trinajstić information content (AvgIpc) is 3.18. The van der Waals surface area contributed by atoms with E-state index < -0.39 is 0 Å². The minimum atomic E-state index is -0.201. The number of rotatable bonds is 4. The molecular weight excluding hydrogens is 267 g/mol. The van der Waals surface area contributed by atoms with E-state index in [4.69, 9.17) is 0 Å². The summed E-state index contributed by atoms with van der Waals surface area (Å²) in [5, 5.41) is 6.37. The van der Waals surface area contributed by atoms with Crippen molar-refractivity contribution in [3.8, 4) is 0 Å². The summed E-state index contributed by atoms with van der Waals surface area (Å²) < 4.78 is 13.1. The zero-order valence-corrected chi connectivity index (χ0v) is 12.3. The fourth-order valence-electron chi connectivity index (χ4n) is 3.70. The lowest BCUT2D eigenvalue weighted by atomic mass is 9.78. The molecule has 1 saturated heterocycles. The molecule has 0 aromatic heterocycles. The van der Waals surface area contributed by atoms with E-state index >= 15 is 0 Å². The Morgan fingerprint density at radius 1 is 1.29 bits per heavy atom. The second-order valence-electron chi connectivity index (χ2n) is 6.40. The lowest BCUT2D eigenvalue weighted by Crippen LogP contribution is -2.42. The molecule has 1 aromatic rings. The normalized spacial score (nSPS) is 24.1. The Bertz CT molecular complexity index is 488. The van der Waals surface area contributed by atoms with E-state index in [1.807, 2.05) is 12.1 Å². The van der Waals surface area contributed by atoms with Gasteiger partial charge in [0.25, 0.3) is 0 Å². The van der Waals surface area contributed by atoms with Gasteiger partial charge in [-0.3, -0.25) is 4.79 Å². The van der Waals surface area contributed by atoms with E-state index in [1.165, 1.54) is 25.0 Å². The maximum absolute atomic E-state index is 13.1. The van der Waals surface area contributed by atoms with Crippen molar-refractivity contribution in [3.63, 3.8) is 0 Å². The van der Waals surface area contributed by atoms with Crippen molar-refractivity contribution in [2.24, 2.45) is 5.92 Å². The van der Waals surface area contributed by atoms with Crippen LogP contribution < -0.4 is 10.6 Å². The van der Waals surface area contributed by atoms with Crippen LogP contribution in [0.3, 0.4) is 0 Å². The van der Waals surface area contributed by atoms with Crippen LogP contribution in [0, 0.1) is 11.7 Å². The molecule has 1 unspecified atom stereocenters. The van der Waals surface area contributed by atoms with E-state index in [2.05, 4.69) is 10.6 Å². The van der Waals surface area contributed by atoms with Crippen molar-refractivity contribution in [2.75, 3.05) is 19.6 Å². The largest absolute Gasteiger partial charge is 0.355 e. The van der Waals surface area contributed by atoms with Gasteiger partial charge in [0.05, 0.1) is 5.92 Å². The van der Waals surface area contributed by atoms with Gasteiger partial charge in [0.1, 0.15) is 5.82 Å². The Balaban J connectivity index is 1.69. The fraction of sp³-hybridized carbons (Fsp3) is 0.588. The molecule has 1 heterocycles. The Morgan fingerprint density at radius 3 is 2.62 bits per heavy atom. The van der Waals surface area contributed by atoms with Crippen molar-refractivity contribution < 1.29 is 9.18 Å². The summed E-state index contributed by atoms with van der Waals surface area (Å²) in [7, 11) is 0. The summed E-state index contributed by atoms with van der Waals surface area (Å²) in [6.45, 7) is 2.39. The maximum atomic E-state index is 13.1. The minimum Gasteiger partial charge on any atom is -0.355 e. The zero-order chi connectivity index (χ0) is 14.7. The SMILES string of the molecule is O=C(NCC1(c2ccc(F)cc2)CCCC1)C1CCNC1. The molecule has 1 aromatic carbocycles. The van der Waals surface area contributed by atoms with Crippen LogP contribution in [-0.4, -0.2) is 25.5 Å². The highest BCUT2D eigenvalue weighted by atomic mass is 19.1. The summed E-state index contributed by atoms with van der Waals surface area (Å²) in [4.78, 5) is 12.2. The van der Waals surface area contributed by atoms with Gasteiger partial charge in [0.15, 0.2) is 0 Å². The summed E-state index contributed by atoms with van der Waals surface area (Å²) in [6.07, 6.45) is 5.43. The zero-order valence-electron chi connectivity index (χ0n) is 12.3. The van der Waals surface area contributed by atoms with Crippen LogP contribution >= 0.6 is 0 Å². The Morgan fingerprint density at radius 2 is 2.00 bits per heavy atom. The summed E-state index contributed by atoms with van der Waals surface area (Å²) in [5.74, 6) is 0.0676. The quantitative estimate of drug-likeness (QED) is 0.894. The Hall–Kier alpha value is -1.42. The highest BCUT2D eigenvalue weighted by Crippen LogP contribution is 2.40. The minimum absolute atomic E-state index is 0.00457. The van der Waals surface area contributed by atoms with Gasteiger partial charge in [-0.15, -0.1) is 0 Å². The third-order valence-electron chi connectivity index (χ3n) is 5.05. The molecule has 21 heavy (non-hydrogen) atoms. The van der Waals surface area contributed by atoms with Crippen LogP contribution in [0.4, 0.5) is 4.39 Å².